The van der Waals surface area contributed by atoms with Crippen molar-refractivity contribution in [2.75, 3.05) is 39.3 Å². The van der Waals surface area contributed by atoms with E-state index in [1.54, 1.807) is 4.90 Å². The molecule has 5 N–H and O–H groups in total. The summed E-state index contributed by atoms with van der Waals surface area (Å²) in [6.45, 7) is 1.58. The second kappa shape index (κ2) is 6.90. The molecule has 108 valence electrons. The lowest BCUT2D eigenvalue weighted by atomic mass is 10.3. The second-order valence-electron chi connectivity index (χ2n) is 4.29. The molecule has 1 unspecified atom stereocenters. The van der Waals surface area contributed by atoms with Crippen LogP contribution < -0.4 is 11.1 Å². The minimum atomic E-state index is -1.17. The molecule has 19 heavy (non-hydrogen) atoms. The maximum absolute atomic E-state index is 11.7. The van der Waals surface area contributed by atoms with Crippen molar-refractivity contribution in [3.05, 3.63) is 0 Å². The molecule has 0 saturated carbocycles. The molecule has 1 atom stereocenters. The molecule has 0 radical (unpaired) electrons. The topological polar surface area (TPSA) is 136 Å². The van der Waals surface area contributed by atoms with Gasteiger partial charge in [-0.1, -0.05) is 0 Å². The zero-order valence-electron chi connectivity index (χ0n) is 10.4. The van der Waals surface area contributed by atoms with E-state index in [1.165, 1.54) is 4.90 Å². The number of carboxylic acid groups (broad SMARTS) is 2. The Labute approximate surface area is 110 Å². The number of aliphatic carboxylic acids is 2. The summed E-state index contributed by atoms with van der Waals surface area (Å²) in [6.07, 6.45) is 0. The van der Waals surface area contributed by atoms with Crippen LogP contribution in [0.15, 0.2) is 0 Å². The van der Waals surface area contributed by atoms with Crippen LogP contribution in [0.3, 0.4) is 0 Å². The minimum Gasteiger partial charge on any atom is -0.480 e. The van der Waals surface area contributed by atoms with Crippen molar-refractivity contribution in [2.45, 2.75) is 6.04 Å². The van der Waals surface area contributed by atoms with E-state index in [4.69, 9.17) is 15.9 Å². The fourth-order valence-corrected chi connectivity index (χ4v) is 1.70. The number of carbonyl (C=O) groups excluding carboxylic acids is 1. The quantitative estimate of drug-likeness (QED) is 0.447. The summed E-state index contributed by atoms with van der Waals surface area (Å²) < 4.78 is 0. The molecule has 0 spiro atoms. The Hall–Kier alpha value is -1.87. The Kier molecular flexibility index (Phi) is 5.52. The van der Waals surface area contributed by atoms with Gasteiger partial charge in [0.2, 0.25) is 0 Å². The zero-order valence-corrected chi connectivity index (χ0v) is 10.4. The van der Waals surface area contributed by atoms with Gasteiger partial charge in [-0.15, -0.1) is 0 Å². The molecule has 9 heteroatoms. The van der Waals surface area contributed by atoms with E-state index < -0.39 is 18.0 Å². The summed E-state index contributed by atoms with van der Waals surface area (Å²) in [7, 11) is 0. The molecule has 0 aromatic heterocycles. The van der Waals surface area contributed by atoms with Crippen molar-refractivity contribution >= 4 is 18.0 Å². The van der Waals surface area contributed by atoms with Gasteiger partial charge in [-0.25, -0.2) is 4.79 Å². The predicted octanol–water partition coefficient (Wildman–Crippen LogP) is -2.19. The highest BCUT2D eigenvalue weighted by molar-refractivity contribution is 5.77. The van der Waals surface area contributed by atoms with Crippen LogP contribution in [0.25, 0.3) is 0 Å². The normalized spacial score (nSPS) is 17.8. The van der Waals surface area contributed by atoms with E-state index in [9.17, 15) is 14.4 Å². The number of hydrogen-bond donors (Lipinski definition) is 4. The first-order chi connectivity index (χ1) is 8.90. The van der Waals surface area contributed by atoms with Gasteiger partial charge < -0.3 is 26.2 Å². The maximum atomic E-state index is 11.7. The monoisotopic (exact) mass is 274 g/mol. The third-order valence-corrected chi connectivity index (χ3v) is 2.81. The number of piperazine rings is 1. The Balaban J connectivity index is 2.29. The Bertz CT molecular complexity index is 354. The highest BCUT2D eigenvalue weighted by Crippen LogP contribution is 2.01. The van der Waals surface area contributed by atoms with E-state index in [0.29, 0.717) is 26.2 Å². The van der Waals surface area contributed by atoms with Gasteiger partial charge in [0.05, 0.1) is 6.54 Å². The molecule has 1 fully saturated rings. The number of nitrogens with two attached hydrogens (primary N) is 1. The maximum Gasteiger partial charge on any atom is 0.322 e. The molecular weight excluding hydrogens is 256 g/mol. The van der Waals surface area contributed by atoms with Crippen LogP contribution >= 0.6 is 0 Å². The van der Waals surface area contributed by atoms with Gasteiger partial charge in [0.1, 0.15) is 6.04 Å². The predicted molar refractivity (Wildman–Crippen MR) is 64.7 cm³/mol. The van der Waals surface area contributed by atoms with Gasteiger partial charge in [0.25, 0.3) is 0 Å². The van der Waals surface area contributed by atoms with Gasteiger partial charge >= 0.3 is 18.0 Å². The van der Waals surface area contributed by atoms with Crippen molar-refractivity contribution in [2.24, 2.45) is 5.73 Å². The number of nitrogens with one attached hydrogen (secondary N) is 1. The van der Waals surface area contributed by atoms with Crippen LogP contribution in [0, 0.1) is 0 Å². The molecule has 1 rings (SSSR count). The van der Waals surface area contributed by atoms with E-state index in [2.05, 4.69) is 5.32 Å². The summed E-state index contributed by atoms with van der Waals surface area (Å²) in [4.78, 5) is 35.9. The largest absolute Gasteiger partial charge is 0.480 e. The molecule has 1 heterocycles. The lowest BCUT2D eigenvalue weighted by Gasteiger charge is -2.33. The molecule has 0 bridgehead atoms. The van der Waals surface area contributed by atoms with Crippen molar-refractivity contribution in [1.82, 2.24) is 15.1 Å². The first-order valence-electron chi connectivity index (χ1n) is 5.85. The summed E-state index contributed by atoms with van der Waals surface area (Å²) in [5, 5.41) is 19.6. The number of urea groups is 1. The van der Waals surface area contributed by atoms with Gasteiger partial charge in [-0.2, -0.15) is 0 Å². The fraction of sp³-hybridized carbons (Fsp3) is 0.700. The lowest BCUT2D eigenvalue weighted by molar-refractivity contribution is -0.139. The van der Waals surface area contributed by atoms with Crippen LogP contribution in [0.1, 0.15) is 0 Å². The molecule has 1 saturated heterocycles. The molecule has 1 aliphatic heterocycles. The standard InChI is InChI=1S/C10H18N4O5/c11-7(9(17)18)5-12-10(19)14-3-1-13(2-4-14)6-8(15)16/h7H,1-6,11H2,(H,12,19)(H,15,16)(H,17,18). The highest BCUT2D eigenvalue weighted by atomic mass is 16.4. The number of amides is 2. The molecule has 2 amide bonds. The van der Waals surface area contributed by atoms with Crippen molar-refractivity contribution in [3.8, 4) is 0 Å². The van der Waals surface area contributed by atoms with E-state index in [0.717, 1.165) is 0 Å². The number of hydrogen-bond acceptors (Lipinski definition) is 5. The van der Waals surface area contributed by atoms with Gasteiger partial charge in [-0.05, 0) is 0 Å². The fourth-order valence-electron chi connectivity index (χ4n) is 1.70. The molecule has 0 aromatic rings. The van der Waals surface area contributed by atoms with Crippen molar-refractivity contribution < 1.29 is 24.6 Å². The summed E-state index contributed by atoms with van der Waals surface area (Å²) >= 11 is 0. The summed E-state index contributed by atoms with van der Waals surface area (Å²) in [5.41, 5.74) is 5.26. The SMILES string of the molecule is NC(CNC(=O)N1CCN(CC(=O)O)CC1)C(=O)O. The first-order valence-corrected chi connectivity index (χ1v) is 5.85. The molecule has 9 nitrogen and oxygen atoms in total. The lowest BCUT2D eigenvalue weighted by Crippen LogP contribution is -2.54. The molecular formula is C10H18N4O5. The number of carboxylic acids is 2. The van der Waals surface area contributed by atoms with Crippen LogP contribution in [-0.2, 0) is 9.59 Å². The minimum absolute atomic E-state index is 0.0423. The summed E-state index contributed by atoms with van der Waals surface area (Å²) in [6, 6.07) is -1.51. The molecule has 0 aliphatic carbocycles. The van der Waals surface area contributed by atoms with Gasteiger partial charge in [-0.3, -0.25) is 14.5 Å². The zero-order chi connectivity index (χ0) is 14.4. The van der Waals surface area contributed by atoms with Crippen LogP contribution in [0.2, 0.25) is 0 Å². The third kappa shape index (κ3) is 5.10. The summed E-state index contributed by atoms with van der Waals surface area (Å²) in [5.74, 6) is -2.07. The van der Waals surface area contributed by atoms with E-state index in [-0.39, 0.29) is 19.1 Å². The number of nitrogens with zero attached hydrogens (tertiary/aromatic N) is 2. The van der Waals surface area contributed by atoms with Crippen molar-refractivity contribution in [3.63, 3.8) is 0 Å². The third-order valence-electron chi connectivity index (χ3n) is 2.81. The van der Waals surface area contributed by atoms with E-state index >= 15 is 0 Å². The average molecular weight is 274 g/mol. The van der Waals surface area contributed by atoms with Crippen LogP contribution in [0.5, 0.6) is 0 Å². The smallest absolute Gasteiger partial charge is 0.322 e. The Morgan fingerprint density at radius 1 is 1.16 bits per heavy atom. The first kappa shape index (κ1) is 15.2. The molecule has 1 aliphatic rings. The van der Waals surface area contributed by atoms with Crippen LogP contribution in [-0.4, -0.2) is 83.3 Å². The van der Waals surface area contributed by atoms with Gasteiger partial charge in [0, 0.05) is 32.7 Å². The molecule has 0 aromatic carbocycles. The Morgan fingerprint density at radius 2 is 1.74 bits per heavy atom. The number of rotatable bonds is 5. The second-order valence-corrected chi connectivity index (χ2v) is 4.29. The highest BCUT2D eigenvalue weighted by Gasteiger charge is 2.23. The van der Waals surface area contributed by atoms with E-state index in [1.807, 2.05) is 0 Å². The number of carbonyl (C=O) groups is 3. The van der Waals surface area contributed by atoms with Gasteiger partial charge in [0.15, 0.2) is 0 Å². The van der Waals surface area contributed by atoms with Crippen LogP contribution in [0.4, 0.5) is 4.79 Å². The average Bonchev–Trinajstić information content (AvgIpc) is 2.35. The van der Waals surface area contributed by atoms with Crippen molar-refractivity contribution in [1.29, 1.82) is 0 Å². The Morgan fingerprint density at radius 3 is 2.21 bits per heavy atom.